The summed E-state index contributed by atoms with van der Waals surface area (Å²) in [6.45, 7) is 3.55. The van der Waals surface area contributed by atoms with E-state index in [1.165, 1.54) is 20.3 Å². The molecule has 9 nitrogen and oxygen atoms in total. The third-order valence-corrected chi connectivity index (χ3v) is 5.04. The highest BCUT2D eigenvalue weighted by atomic mass is 16.5. The Morgan fingerprint density at radius 3 is 1.79 bits per heavy atom. The zero-order chi connectivity index (χ0) is 24.3. The summed E-state index contributed by atoms with van der Waals surface area (Å²) < 4.78 is 19.8. The Morgan fingerprint density at radius 1 is 0.848 bits per heavy atom. The first-order valence-electron chi connectivity index (χ1n) is 9.64. The summed E-state index contributed by atoms with van der Waals surface area (Å²) in [6, 6.07) is 11.8. The van der Waals surface area contributed by atoms with Crippen molar-refractivity contribution >= 4 is 39.8 Å². The Kier molecular flexibility index (Phi) is 6.49. The predicted molar refractivity (Wildman–Crippen MR) is 118 cm³/mol. The molecule has 0 unspecified atom stereocenters. The van der Waals surface area contributed by atoms with Gasteiger partial charge in [0, 0.05) is 21.9 Å². The molecular weight excluding hydrogens is 428 g/mol. The predicted octanol–water partition coefficient (Wildman–Crippen LogP) is 4.03. The SMILES string of the molecule is COC(=O)c1ccc2c(C)c(C#N)oc2c1.COC(=O)c1ccc2c(C)c(C(N)=O)oc2c1. The van der Waals surface area contributed by atoms with Crippen molar-refractivity contribution in [1.82, 2.24) is 0 Å². The van der Waals surface area contributed by atoms with Crippen molar-refractivity contribution in [1.29, 1.82) is 5.26 Å². The van der Waals surface area contributed by atoms with Crippen molar-refractivity contribution in [2.75, 3.05) is 14.2 Å². The van der Waals surface area contributed by atoms with Gasteiger partial charge in [0.1, 0.15) is 17.2 Å². The van der Waals surface area contributed by atoms with Crippen LogP contribution in [0.4, 0.5) is 0 Å². The number of carbonyl (C=O) groups excluding carboxylic acids is 3. The Bertz CT molecular complexity index is 1440. The number of esters is 2. The summed E-state index contributed by atoms with van der Waals surface area (Å²) in [7, 11) is 2.62. The van der Waals surface area contributed by atoms with E-state index in [1.54, 1.807) is 37.3 Å². The van der Waals surface area contributed by atoms with Crippen LogP contribution in [-0.4, -0.2) is 32.1 Å². The van der Waals surface area contributed by atoms with Crippen molar-refractivity contribution in [3.63, 3.8) is 0 Å². The molecule has 0 aliphatic rings. The maximum Gasteiger partial charge on any atom is 0.337 e. The van der Waals surface area contributed by atoms with Gasteiger partial charge in [0.05, 0.1) is 25.3 Å². The molecule has 0 atom stereocenters. The van der Waals surface area contributed by atoms with Crippen molar-refractivity contribution in [2.24, 2.45) is 5.73 Å². The normalized spacial score (nSPS) is 10.3. The molecule has 0 bridgehead atoms. The van der Waals surface area contributed by atoms with Gasteiger partial charge in [-0.3, -0.25) is 4.79 Å². The first kappa shape index (κ1) is 23.1. The number of furan rings is 2. The lowest BCUT2D eigenvalue weighted by Gasteiger charge is -1.97. The summed E-state index contributed by atoms with van der Waals surface area (Å²) >= 11 is 0. The van der Waals surface area contributed by atoms with Crippen LogP contribution in [0.5, 0.6) is 0 Å². The molecule has 0 spiro atoms. The van der Waals surface area contributed by atoms with Crippen molar-refractivity contribution in [2.45, 2.75) is 13.8 Å². The number of nitriles is 1. The van der Waals surface area contributed by atoms with E-state index >= 15 is 0 Å². The first-order valence-corrected chi connectivity index (χ1v) is 9.64. The average Bonchev–Trinajstić information content (AvgIpc) is 3.34. The van der Waals surface area contributed by atoms with Gasteiger partial charge < -0.3 is 24.0 Å². The van der Waals surface area contributed by atoms with Gasteiger partial charge in [-0.15, -0.1) is 0 Å². The summed E-state index contributed by atoms with van der Waals surface area (Å²) in [6.07, 6.45) is 0. The quantitative estimate of drug-likeness (QED) is 0.462. The Labute approximate surface area is 188 Å². The van der Waals surface area contributed by atoms with Gasteiger partial charge >= 0.3 is 11.9 Å². The van der Waals surface area contributed by atoms with Gasteiger partial charge in [0.25, 0.3) is 5.91 Å². The Balaban J connectivity index is 0.000000186. The second-order valence-electron chi connectivity index (χ2n) is 6.99. The number of ether oxygens (including phenoxy) is 2. The molecule has 0 saturated carbocycles. The lowest BCUT2D eigenvalue weighted by Crippen LogP contribution is -2.10. The molecule has 4 aromatic rings. The highest BCUT2D eigenvalue weighted by Crippen LogP contribution is 2.27. The summed E-state index contributed by atoms with van der Waals surface area (Å²) in [5.74, 6) is -1.12. The van der Waals surface area contributed by atoms with Crippen LogP contribution >= 0.6 is 0 Å². The first-order chi connectivity index (χ1) is 15.7. The van der Waals surface area contributed by atoms with E-state index < -0.39 is 17.8 Å². The van der Waals surface area contributed by atoms with E-state index in [-0.39, 0.29) is 11.5 Å². The minimum Gasteiger partial charge on any atom is -0.465 e. The van der Waals surface area contributed by atoms with Crippen molar-refractivity contribution in [3.05, 3.63) is 70.2 Å². The van der Waals surface area contributed by atoms with Gasteiger partial charge in [-0.25, -0.2) is 9.59 Å². The van der Waals surface area contributed by atoms with Crippen LogP contribution in [-0.2, 0) is 9.47 Å². The van der Waals surface area contributed by atoms with E-state index in [2.05, 4.69) is 9.47 Å². The fourth-order valence-corrected chi connectivity index (χ4v) is 3.28. The molecule has 9 heteroatoms. The molecule has 0 saturated heterocycles. The summed E-state index contributed by atoms with van der Waals surface area (Å²) in [5, 5.41) is 10.4. The van der Waals surface area contributed by atoms with Crippen LogP contribution in [0, 0.1) is 25.2 Å². The molecule has 1 amide bonds. The number of primary amides is 1. The molecule has 0 aliphatic heterocycles. The molecule has 0 fully saturated rings. The number of carbonyl (C=O) groups is 3. The van der Waals surface area contributed by atoms with Crippen LogP contribution in [0.1, 0.15) is 48.2 Å². The summed E-state index contributed by atoms with van der Waals surface area (Å²) in [4.78, 5) is 33.7. The second-order valence-corrected chi connectivity index (χ2v) is 6.99. The average molecular weight is 448 g/mol. The monoisotopic (exact) mass is 448 g/mol. The minimum absolute atomic E-state index is 0.113. The van der Waals surface area contributed by atoms with Crippen molar-refractivity contribution in [3.8, 4) is 6.07 Å². The fraction of sp³-hybridized carbons (Fsp3) is 0.167. The van der Waals surface area contributed by atoms with Crippen LogP contribution in [0.25, 0.3) is 21.9 Å². The number of methoxy groups -OCH3 is 2. The van der Waals surface area contributed by atoms with Gasteiger partial charge in [-0.1, -0.05) is 0 Å². The molecule has 2 aromatic heterocycles. The Morgan fingerprint density at radius 2 is 1.33 bits per heavy atom. The fourth-order valence-electron chi connectivity index (χ4n) is 3.28. The highest BCUT2D eigenvalue weighted by Gasteiger charge is 2.16. The maximum absolute atomic E-state index is 11.3. The van der Waals surface area contributed by atoms with E-state index in [4.69, 9.17) is 19.8 Å². The van der Waals surface area contributed by atoms with Crippen LogP contribution in [0.3, 0.4) is 0 Å². The topological polar surface area (TPSA) is 146 Å². The number of fused-ring (bicyclic) bond motifs is 2. The van der Waals surface area contributed by atoms with Gasteiger partial charge in [0.2, 0.25) is 5.76 Å². The van der Waals surface area contributed by atoms with E-state index in [0.717, 1.165) is 16.3 Å². The smallest absolute Gasteiger partial charge is 0.337 e. The lowest BCUT2D eigenvalue weighted by atomic mass is 10.1. The summed E-state index contributed by atoms with van der Waals surface area (Å²) in [5.41, 5.74) is 8.38. The molecule has 33 heavy (non-hydrogen) atoms. The number of hydrogen-bond donors (Lipinski definition) is 1. The second kappa shape index (κ2) is 9.28. The Hall–Kier alpha value is -4.58. The van der Waals surface area contributed by atoms with Crippen molar-refractivity contribution < 1.29 is 32.7 Å². The number of nitrogens with zero attached hydrogens (tertiary/aromatic N) is 1. The van der Waals surface area contributed by atoms with E-state index in [9.17, 15) is 14.4 Å². The number of aryl methyl sites for hydroxylation is 2. The molecule has 2 aromatic carbocycles. The molecule has 168 valence electrons. The molecule has 2 heterocycles. The standard InChI is InChI=1S/C12H11NO4.C12H9NO3/c1-6-8-4-3-7(12(15)16-2)5-9(8)17-10(6)11(13)14;1-7-9-4-3-8(12(14)15-2)5-10(9)16-11(7)6-13/h3-5H,1-2H3,(H2,13,14);3-5H,1-2H3. The van der Waals surface area contributed by atoms with Crippen LogP contribution < -0.4 is 5.73 Å². The van der Waals surface area contributed by atoms with Gasteiger partial charge in [-0.05, 0) is 50.2 Å². The van der Waals surface area contributed by atoms with Gasteiger partial charge in [-0.2, -0.15) is 5.26 Å². The zero-order valence-corrected chi connectivity index (χ0v) is 18.3. The number of nitrogens with two attached hydrogens (primary N) is 1. The third kappa shape index (κ3) is 4.41. The van der Waals surface area contributed by atoms with Crippen LogP contribution in [0.15, 0.2) is 45.2 Å². The zero-order valence-electron chi connectivity index (χ0n) is 18.3. The number of rotatable bonds is 3. The number of benzene rings is 2. The molecule has 0 radical (unpaired) electrons. The highest BCUT2D eigenvalue weighted by molar-refractivity contribution is 6.00. The third-order valence-electron chi connectivity index (χ3n) is 5.04. The molecule has 4 rings (SSSR count). The van der Waals surface area contributed by atoms with Gasteiger partial charge in [0.15, 0.2) is 5.76 Å². The van der Waals surface area contributed by atoms with E-state index in [1.807, 2.05) is 13.0 Å². The molecule has 2 N–H and O–H groups in total. The minimum atomic E-state index is -0.627. The largest absolute Gasteiger partial charge is 0.465 e. The lowest BCUT2D eigenvalue weighted by molar-refractivity contribution is 0.0592. The maximum atomic E-state index is 11.3. The van der Waals surface area contributed by atoms with Crippen LogP contribution in [0.2, 0.25) is 0 Å². The van der Waals surface area contributed by atoms with E-state index in [0.29, 0.717) is 27.9 Å². The number of hydrogen-bond acceptors (Lipinski definition) is 8. The molecule has 0 aliphatic carbocycles. The molecular formula is C24H20N2O7. The number of amides is 1.